The van der Waals surface area contributed by atoms with Crippen LogP contribution in [0, 0.1) is 5.92 Å². The van der Waals surface area contributed by atoms with Crippen LogP contribution in [-0.4, -0.2) is 54.8 Å². The Morgan fingerprint density at radius 2 is 1.96 bits per heavy atom. The maximum absolute atomic E-state index is 4.43. The van der Waals surface area contributed by atoms with Gasteiger partial charge in [0, 0.05) is 50.9 Å². The molecule has 1 atom stereocenters. The molecule has 132 valence electrons. The Labute approximate surface area is 151 Å². The van der Waals surface area contributed by atoms with Gasteiger partial charge in [0.2, 0.25) is 0 Å². The zero-order valence-electron chi connectivity index (χ0n) is 15.2. The maximum Gasteiger partial charge on any atom is 0.0569 e. The number of benzene rings is 1. The number of hydrogen-bond acceptors (Lipinski definition) is 3. The predicted molar refractivity (Wildman–Crippen MR) is 103 cm³/mol. The smallest absolute Gasteiger partial charge is 0.0569 e. The first-order valence-electron chi connectivity index (χ1n) is 10.1. The van der Waals surface area contributed by atoms with Gasteiger partial charge in [0.15, 0.2) is 0 Å². The van der Waals surface area contributed by atoms with Gasteiger partial charge < -0.3 is 0 Å². The molecule has 0 bridgehead atoms. The van der Waals surface area contributed by atoms with Crippen molar-refractivity contribution in [3.8, 4) is 0 Å². The number of nitrogens with zero attached hydrogens (tertiary/aromatic N) is 3. The van der Waals surface area contributed by atoms with E-state index < -0.39 is 0 Å². The molecule has 0 radical (unpaired) electrons. The van der Waals surface area contributed by atoms with Crippen LogP contribution in [0.3, 0.4) is 0 Å². The van der Waals surface area contributed by atoms with Crippen molar-refractivity contribution in [3.05, 3.63) is 46.5 Å². The zero-order chi connectivity index (χ0) is 16.6. The third-order valence-electron chi connectivity index (χ3n) is 6.69. The van der Waals surface area contributed by atoms with Crippen molar-refractivity contribution in [1.29, 1.82) is 0 Å². The SMILES string of the molecule is C1=NCC=C2CN(Cc3ccc4c(c3)CCN(C3CCC3)CC4)CC12. The minimum absolute atomic E-state index is 0.575. The van der Waals surface area contributed by atoms with E-state index in [1.165, 1.54) is 50.8 Å². The van der Waals surface area contributed by atoms with E-state index in [2.05, 4.69) is 45.3 Å². The third kappa shape index (κ3) is 3.20. The number of fused-ring (bicyclic) bond motifs is 2. The molecule has 25 heavy (non-hydrogen) atoms. The Morgan fingerprint density at radius 1 is 1.08 bits per heavy atom. The molecule has 4 aliphatic rings. The fraction of sp³-hybridized carbons (Fsp3) is 0.591. The summed E-state index contributed by atoms with van der Waals surface area (Å²) in [7, 11) is 0. The highest BCUT2D eigenvalue weighted by atomic mass is 15.2. The first-order valence-corrected chi connectivity index (χ1v) is 10.1. The Morgan fingerprint density at radius 3 is 2.76 bits per heavy atom. The number of dihydropyridines is 1. The highest BCUT2D eigenvalue weighted by Gasteiger charge is 2.28. The number of hydrogen-bond donors (Lipinski definition) is 0. The quantitative estimate of drug-likeness (QED) is 0.791. The standard InChI is InChI=1S/C22H29N3/c1-2-22(3-1)25-10-7-18-5-4-17(12-19(18)8-11-25)14-24-15-20-6-9-23-13-21(20)16-24/h4-6,12-13,21-22H,1-3,7-11,14-16H2. The molecule has 3 nitrogen and oxygen atoms in total. The van der Waals surface area contributed by atoms with E-state index in [4.69, 9.17) is 0 Å². The van der Waals surface area contributed by atoms with Gasteiger partial charge in [-0.15, -0.1) is 0 Å². The van der Waals surface area contributed by atoms with Gasteiger partial charge in [0.25, 0.3) is 0 Å². The first kappa shape index (κ1) is 15.8. The summed E-state index contributed by atoms with van der Waals surface area (Å²) in [5.41, 5.74) is 6.28. The Bertz CT molecular complexity index is 701. The summed E-state index contributed by atoms with van der Waals surface area (Å²) >= 11 is 0. The summed E-state index contributed by atoms with van der Waals surface area (Å²) in [6.07, 6.45) is 11.3. The van der Waals surface area contributed by atoms with E-state index >= 15 is 0 Å². The lowest BCUT2D eigenvalue weighted by Gasteiger charge is -2.36. The number of likely N-dealkylation sites (tertiary alicyclic amines) is 1. The van der Waals surface area contributed by atoms with Crippen molar-refractivity contribution >= 4 is 6.21 Å². The molecule has 1 aromatic rings. The molecule has 0 aromatic heterocycles. The monoisotopic (exact) mass is 335 g/mol. The minimum Gasteiger partial charge on any atom is -0.300 e. The van der Waals surface area contributed by atoms with E-state index in [9.17, 15) is 0 Å². The molecule has 0 spiro atoms. The molecule has 3 heterocycles. The molecular weight excluding hydrogens is 306 g/mol. The Kier molecular flexibility index (Phi) is 4.23. The Balaban J connectivity index is 1.26. The summed E-state index contributed by atoms with van der Waals surface area (Å²) < 4.78 is 0. The topological polar surface area (TPSA) is 18.8 Å². The second-order valence-corrected chi connectivity index (χ2v) is 8.29. The van der Waals surface area contributed by atoms with Gasteiger partial charge in [-0.2, -0.15) is 0 Å². The van der Waals surface area contributed by atoms with Crippen LogP contribution in [0.4, 0.5) is 0 Å². The summed E-state index contributed by atoms with van der Waals surface area (Å²) in [4.78, 5) is 9.77. The van der Waals surface area contributed by atoms with Crippen LogP contribution in [0.25, 0.3) is 0 Å². The molecule has 1 unspecified atom stereocenters. The summed E-state index contributed by atoms with van der Waals surface area (Å²) in [6.45, 7) is 6.76. The fourth-order valence-electron chi connectivity index (χ4n) is 4.94. The summed E-state index contributed by atoms with van der Waals surface area (Å²) in [5, 5.41) is 0. The van der Waals surface area contributed by atoms with Crippen molar-refractivity contribution in [2.24, 2.45) is 10.9 Å². The summed E-state index contributed by atoms with van der Waals surface area (Å²) in [5.74, 6) is 0.575. The minimum atomic E-state index is 0.575. The highest BCUT2D eigenvalue weighted by Crippen LogP contribution is 2.29. The third-order valence-corrected chi connectivity index (χ3v) is 6.69. The van der Waals surface area contributed by atoms with Crippen LogP contribution in [0.15, 0.2) is 34.8 Å². The maximum atomic E-state index is 4.43. The van der Waals surface area contributed by atoms with Gasteiger partial charge >= 0.3 is 0 Å². The lowest BCUT2D eigenvalue weighted by atomic mass is 9.91. The molecule has 1 saturated heterocycles. The van der Waals surface area contributed by atoms with E-state index in [1.807, 2.05) is 0 Å². The molecule has 1 aromatic carbocycles. The van der Waals surface area contributed by atoms with E-state index in [0.29, 0.717) is 5.92 Å². The lowest BCUT2D eigenvalue weighted by molar-refractivity contribution is 0.133. The zero-order valence-corrected chi connectivity index (χ0v) is 15.2. The van der Waals surface area contributed by atoms with Crippen LogP contribution < -0.4 is 0 Å². The van der Waals surface area contributed by atoms with E-state index in [-0.39, 0.29) is 0 Å². The largest absolute Gasteiger partial charge is 0.300 e. The van der Waals surface area contributed by atoms with E-state index in [1.54, 1.807) is 16.7 Å². The molecule has 1 aliphatic carbocycles. The van der Waals surface area contributed by atoms with Crippen molar-refractivity contribution < 1.29 is 0 Å². The Hall–Kier alpha value is -1.45. The molecule has 5 rings (SSSR count). The molecule has 2 fully saturated rings. The van der Waals surface area contributed by atoms with Gasteiger partial charge in [-0.25, -0.2) is 0 Å². The van der Waals surface area contributed by atoms with Crippen LogP contribution in [0.5, 0.6) is 0 Å². The molecule has 0 amide bonds. The number of rotatable bonds is 3. The van der Waals surface area contributed by atoms with Crippen LogP contribution >= 0.6 is 0 Å². The van der Waals surface area contributed by atoms with Crippen LogP contribution in [-0.2, 0) is 19.4 Å². The predicted octanol–water partition coefficient (Wildman–Crippen LogP) is 3.08. The molecule has 0 N–H and O–H groups in total. The van der Waals surface area contributed by atoms with Gasteiger partial charge in [-0.1, -0.05) is 30.7 Å². The average molecular weight is 335 g/mol. The molecule has 1 saturated carbocycles. The van der Waals surface area contributed by atoms with E-state index in [0.717, 1.165) is 32.2 Å². The highest BCUT2D eigenvalue weighted by molar-refractivity contribution is 5.68. The van der Waals surface area contributed by atoms with Crippen molar-refractivity contribution in [1.82, 2.24) is 9.80 Å². The lowest BCUT2D eigenvalue weighted by Crippen LogP contribution is -2.41. The number of aliphatic imine (C=N–C) groups is 1. The summed E-state index contributed by atoms with van der Waals surface area (Å²) in [6, 6.07) is 8.18. The second-order valence-electron chi connectivity index (χ2n) is 8.29. The average Bonchev–Trinajstić information content (AvgIpc) is 2.87. The van der Waals surface area contributed by atoms with Crippen LogP contribution in [0.1, 0.15) is 36.0 Å². The van der Waals surface area contributed by atoms with Gasteiger partial charge in [0.05, 0.1) is 6.54 Å². The van der Waals surface area contributed by atoms with Crippen molar-refractivity contribution in [3.63, 3.8) is 0 Å². The molecular formula is C22H29N3. The van der Waals surface area contributed by atoms with Gasteiger partial charge in [-0.05, 0) is 47.9 Å². The van der Waals surface area contributed by atoms with Gasteiger partial charge in [-0.3, -0.25) is 14.8 Å². The second kappa shape index (κ2) is 6.69. The first-order chi connectivity index (χ1) is 12.3. The van der Waals surface area contributed by atoms with Gasteiger partial charge in [0.1, 0.15) is 0 Å². The van der Waals surface area contributed by atoms with Crippen LogP contribution in [0.2, 0.25) is 0 Å². The normalized spacial score (nSPS) is 27.4. The fourth-order valence-corrected chi connectivity index (χ4v) is 4.94. The van der Waals surface area contributed by atoms with Crippen molar-refractivity contribution in [2.75, 3.05) is 32.7 Å². The molecule has 3 aliphatic heterocycles. The molecule has 3 heteroatoms. The van der Waals surface area contributed by atoms with Crippen molar-refractivity contribution in [2.45, 2.75) is 44.7 Å².